The molecule has 0 saturated carbocycles. The molecule has 2 aromatic rings. The number of thiazole rings is 1. The lowest BCUT2D eigenvalue weighted by Gasteiger charge is -2.22. The van der Waals surface area contributed by atoms with Crippen LogP contribution in [0.3, 0.4) is 0 Å². The summed E-state index contributed by atoms with van der Waals surface area (Å²) < 4.78 is 0. The van der Waals surface area contributed by atoms with Gasteiger partial charge in [0.2, 0.25) is 0 Å². The van der Waals surface area contributed by atoms with Gasteiger partial charge in [-0.25, -0.2) is 9.78 Å². The van der Waals surface area contributed by atoms with Gasteiger partial charge in [0.05, 0.1) is 22.8 Å². The van der Waals surface area contributed by atoms with E-state index in [1.165, 1.54) is 16.2 Å². The Hall–Kier alpha value is -2.72. The van der Waals surface area contributed by atoms with Gasteiger partial charge in [0, 0.05) is 17.8 Å². The molecule has 7 heteroatoms. The molecule has 1 N–H and O–H groups in total. The molecule has 0 bridgehead atoms. The van der Waals surface area contributed by atoms with E-state index in [0.717, 1.165) is 10.6 Å². The number of nitrogens with zero attached hydrogens (tertiary/aromatic N) is 3. The molecule has 1 atom stereocenters. The minimum atomic E-state index is -1.15. The number of hydrogen-bond donors (Lipinski definition) is 1. The van der Waals surface area contributed by atoms with Crippen LogP contribution < -0.4 is 5.32 Å². The van der Waals surface area contributed by atoms with Crippen LogP contribution in [-0.2, 0) is 16.8 Å². The minimum absolute atomic E-state index is 0.301. The fourth-order valence-corrected chi connectivity index (χ4v) is 3.55. The Bertz CT molecular complexity index is 854. The SMILES string of the molecule is Cc1ncsc1CCN1C(=O)N[C@@](C)(c2cccc(C#N)c2)C1=O. The number of imide groups is 1. The molecule has 24 heavy (non-hydrogen) atoms. The standard InChI is InChI=1S/C17H16N4O2S/c1-11-14(24-10-19-11)6-7-21-15(22)17(2,20-16(21)23)13-5-3-4-12(8-13)9-18/h3-5,8,10H,6-7H2,1-2H3,(H,20,23)/t17-/m0/s1. The Morgan fingerprint density at radius 2 is 2.21 bits per heavy atom. The van der Waals surface area contributed by atoms with Gasteiger partial charge in [-0.3, -0.25) is 9.69 Å². The number of nitriles is 1. The molecule has 1 aromatic carbocycles. The van der Waals surface area contributed by atoms with Gasteiger partial charge >= 0.3 is 6.03 Å². The molecule has 3 rings (SSSR count). The maximum Gasteiger partial charge on any atom is 0.325 e. The lowest BCUT2D eigenvalue weighted by molar-refractivity contribution is -0.131. The number of benzene rings is 1. The fraction of sp³-hybridized carbons (Fsp3) is 0.294. The second-order valence-corrected chi connectivity index (χ2v) is 6.75. The molecule has 0 spiro atoms. The summed E-state index contributed by atoms with van der Waals surface area (Å²) in [4.78, 5) is 31.6. The maximum absolute atomic E-state index is 12.8. The van der Waals surface area contributed by atoms with Gasteiger partial charge in [-0.15, -0.1) is 11.3 Å². The van der Waals surface area contributed by atoms with Gasteiger partial charge in [-0.2, -0.15) is 5.26 Å². The van der Waals surface area contributed by atoms with Crippen LogP contribution in [-0.4, -0.2) is 28.4 Å². The minimum Gasteiger partial charge on any atom is -0.319 e. The summed E-state index contributed by atoms with van der Waals surface area (Å²) in [6.45, 7) is 3.89. The maximum atomic E-state index is 12.8. The van der Waals surface area contributed by atoms with Gasteiger partial charge in [-0.05, 0) is 31.5 Å². The highest BCUT2D eigenvalue weighted by Crippen LogP contribution is 2.29. The van der Waals surface area contributed by atoms with Gasteiger partial charge in [0.15, 0.2) is 0 Å². The number of urea groups is 1. The van der Waals surface area contributed by atoms with Crippen molar-refractivity contribution in [2.24, 2.45) is 0 Å². The number of nitrogens with one attached hydrogen (secondary N) is 1. The highest BCUT2D eigenvalue weighted by Gasteiger charge is 2.48. The highest BCUT2D eigenvalue weighted by atomic mass is 32.1. The summed E-state index contributed by atoms with van der Waals surface area (Å²) in [7, 11) is 0. The van der Waals surface area contributed by atoms with E-state index in [1.807, 2.05) is 6.92 Å². The zero-order valence-corrected chi connectivity index (χ0v) is 14.2. The van der Waals surface area contributed by atoms with Crippen LogP contribution in [0, 0.1) is 18.3 Å². The third kappa shape index (κ3) is 2.65. The summed E-state index contributed by atoms with van der Waals surface area (Å²) in [5, 5.41) is 11.8. The summed E-state index contributed by atoms with van der Waals surface area (Å²) in [5.74, 6) is -0.301. The predicted octanol–water partition coefficient (Wildman–Crippen LogP) is 2.33. The number of amides is 3. The molecule has 0 aliphatic carbocycles. The number of aryl methyl sites for hydroxylation is 1. The van der Waals surface area contributed by atoms with E-state index in [0.29, 0.717) is 24.1 Å². The van der Waals surface area contributed by atoms with E-state index in [-0.39, 0.29) is 5.91 Å². The number of hydrogen-bond acceptors (Lipinski definition) is 5. The summed E-state index contributed by atoms with van der Waals surface area (Å²) in [6.07, 6.45) is 0.587. The van der Waals surface area contributed by atoms with Crippen LogP contribution in [0.15, 0.2) is 29.8 Å². The lowest BCUT2D eigenvalue weighted by atomic mass is 9.91. The Morgan fingerprint density at radius 3 is 2.88 bits per heavy atom. The molecule has 1 fully saturated rings. The summed E-state index contributed by atoms with van der Waals surface area (Å²) in [6, 6.07) is 8.40. The largest absolute Gasteiger partial charge is 0.325 e. The van der Waals surface area contributed by atoms with E-state index in [4.69, 9.17) is 5.26 Å². The van der Waals surface area contributed by atoms with Crippen LogP contribution >= 0.6 is 11.3 Å². The number of rotatable bonds is 4. The van der Waals surface area contributed by atoms with Crippen molar-refractivity contribution in [1.82, 2.24) is 15.2 Å². The predicted molar refractivity (Wildman–Crippen MR) is 89.3 cm³/mol. The zero-order chi connectivity index (χ0) is 17.3. The molecule has 2 heterocycles. The highest BCUT2D eigenvalue weighted by molar-refractivity contribution is 7.09. The monoisotopic (exact) mass is 340 g/mol. The first-order valence-corrected chi connectivity index (χ1v) is 8.37. The molecular formula is C17H16N4O2S. The van der Waals surface area contributed by atoms with Crippen molar-refractivity contribution in [1.29, 1.82) is 5.26 Å². The summed E-state index contributed by atoms with van der Waals surface area (Å²) in [5.41, 5.74) is 2.60. The molecule has 0 unspecified atom stereocenters. The van der Waals surface area contributed by atoms with E-state index >= 15 is 0 Å². The lowest BCUT2D eigenvalue weighted by Crippen LogP contribution is -2.41. The van der Waals surface area contributed by atoms with Crippen LogP contribution in [0.4, 0.5) is 4.79 Å². The number of carbonyl (C=O) groups excluding carboxylic acids is 2. The first-order valence-electron chi connectivity index (χ1n) is 7.49. The van der Waals surface area contributed by atoms with Crippen LogP contribution in [0.1, 0.15) is 28.6 Å². The van der Waals surface area contributed by atoms with Crippen molar-refractivity contribution in [2.75, 3.05) is 6.54 Å². The van der Waals surface area contributed by atoms with Crippen molar-refractivity contribution in [3.05, 3.63) is 51.5 Å². The van der Waals surface area contributed by atoms with Crippen molar-refractivity contribution in [3.8, 4) is 6.07 Å². The van der Waals surface area contributed by atoms with Gasteiger partial charge in [0.25, 0.3) is 5.91 Å². The molecule has 1 aromatic heterocycles. The van der Waals surface area contributed by atoms with Gasteiger partial charge in [0.1, 0.15) is 5.54 Å². The first-order chi connectivity index (χ1) is 11.5. The van der Waals surface area contributed by atoms with E-state index in [9.17, 15) is 9.59 Å². The van der Waals surface area contributed by atoms with Crippen LogP contribution in [0.5, 0.6) is 0 Å². The van der Waals surface area contributed by atoms with Crippen molar-refractivity contribution < 1.29 is 9.59 Å². The van der Waals surface area contributed by atoms with Crippen molar-refractivity contribution in [2.45, 2.75) is 25.8 Å². The van der Waals surface area contributed by atoms with Crippen molar-refractivity contribution in [3.63, 3.8) is 0 Å². The Morgan fingerprint density at radius 1 is 1.42 bits per heavy atom. The molecule has 122 valence electrons. The smallest absolute Gasteiger partial charge is 0.319 e. The van der Waals surface area contributed by atoms with Crippen molar-refractivity contribution >= 4 is 23.3 Å². The van der Waals surface area contributed by atoms with E-state index in [2.05, 4.69) is 16.4 Å². The quantitative estimate of drug-likeness (QED) is 0.866. The second-order valence-electron chi connectivity index (χ2n) is 5.82. The third-order valence-corrected chi connectivity index (χ3v) is 5.25. The summed E-state index contributed by atoms with van der Waals surface area (Å²) >= 11 is 1.52. The molecule has 6 nitrogen and oxygen atoms in total. The molecule has 0 radical (unpaired) electrons. The number of carbonyl (C=O) groups is 2. The second kappa shape index (κ2) is 6.06. The first kappa shape index (κ1) is 16.1. The van der Waals surface area contributed by atoms with Crippen LogP contribution in [0.2, 0.25) is 0 Å². The molecule has 3 amide bonds. The zero-order valence-electron chi connectivity index (χ0n) is 13.4. The molecule has 1 aliphatic heterocycles. The molecule has 1 saturated heterocycles. The van der Waals surface area contributed by atoms with Gasteiger partial charge < -0.3 is 5.32 Å². The normalized spacial score (nSPS) is 20.1. The molecular weight excluding hydrogens is 324 g/mol. The Balaban J connectivity index is 1.82. The van der Waals surface area contributed by atoms with Crippen LogP contribution in [0.25, 0.3) is 0 Å². The Labute approximate surface area is 143 Å². The average molecular weight is 340 g/mol. The topological polar surface area (TPSA) is 86.1 Å². The van der Waals surface area contributed by atoms with E-state index < -0.39 is 11.6 Å². The molecule has 1 aliphatic rings. The average Bonchev–Trinajstić information content (AvgIpc) is 3.08. The fourth-order valence-electron chi connectivity index (χ4n) is 2.77. The van der Waals surface area contributed by atoms with E-state index in [1.54, 1.807) is 36.7 Å². The Kier molecular flexibility index (Phi) is 4.08. The third-order valence-electron chi connectivity index (χ3n) is 4.25. The van der Waals surface area contributed by atoms with Gasteiger partial charge in [-0.1, -0.05) is 12.1 Å². The number of aromatic nitrogens is 1.